The van der Waals surface area contributed by atoms with Gasteiger partial charge in [-0.25, -0.2) is 0 Å². The Morgan fingerprint density at radius 1 is 1.50 bits per heavy atom. The van der Waals surface area contributed by atoms with Gasteiger partial charge in [0.25, 0.3) is 5.91 Å². The van der Waals surface area contributed by atoms with Crippen molar-refractivity contribution in [2.24, 2.45) is 0 Å². The summed E-state index contributed by atoms with van der Waals surface area (Å²) in [6.45, 7) is 4.47. The van der Waals surface area contributed by atoms with Crippen molar-refractivity contribution < 1.29 is 9.53 Å². The van der Waals surface area contributed by atoms with Gasteiger partial charge in [-0.05, 0) is 25.1 Å². The second-order valence-corrected chi connectivity index (χ2v) is 4.34. The molecule has 1 aliphatic rings. The van der Waals surface area contributed by atoms with Crippen LogP contribution in [0.2, 0.25) is 0 Å². The van der Waals surface area contributed by atoms with Crippen LogP contribution in [-0.2, 0) is 0 Å². The summed E-state index contributed by atoms with van der Waals surface area (Å²) in [6, 6.07) is 7.67. The molecule has 0 aromatic heterocycles. The summed E-state index contributed by atoms with van der Waals surface area (Å²) < 4.78 is 5.13. The summed E-state index contributed by atoms with van der Waals surface area (Å²) in [5, 5.41) is 3.32. The van der Waals surface area contributed by atoms with Gasteiger partial charge >= 0.3 is 0 Å². The second-order valence-electron chi connectivity index (χ2n) is 4.34. The van der Waals surface area contributed by atoms with Crippen LogP contribution in [0.3, 0.4) is 0 Å². The Hall–Kier alpha value is -1.26. The van der Waals surface area contributed by atoms with Crippen molar-refractivity contribution in [3.05, 3.63) is 29.8 Å². The SMILES string of the molecule is COc1cccc(C(=O)N2CCNC(C)C2)c1.Cl. The standard InChI is InChI=1S/C13H18N2O2.ClH/c1-10-9-15(7-6-14-10)13(16)11-4-3-5-12(8-11)17-2;/h3-5,8,10,14H,6-7,9H2,1-2H3;1H. The number of nitrogens with one attached hydrogen (secondary N) is 1. The number of nitrogens with zero attached hydrogens (tertiary/aromatic N) is 1. The summed E-state index contributed by atoms with van der Waals surface area (Å²) in [6.07, 6.45) is 0. The Kier molecular flexibility index (Phi) is 5.44. The summed E-state index contributed by atoms with van der Waals surface area (Å²) >= 11 is 0. The molecule has 1 amide bonds. The molecule has 1 aliphatic heterocycles. The van der Waals surface area contributed by atoms with Crippen LogP contribution >= 0.6 is 12.4 Å². The quantitative estimate of drug-likeness (QED) is 0.887. The van der Waals surface area contributed by atoms with E-state index in [9.17, 15) is 4.79 Å². The first-order valence-corrected chi connectivity index (χ1v) is 5.87. The van der Waals surface area contributed by atoms with E-state index in [0.29, 0.717) is 11.6 Å². The van der Waals surface area contributed by atoms with Crippen LogP contribution in [0.25, 0.3) is 0 Å². The van der Waals surface area contributed by atoms with Crippen molar-refractivity contribution in [3.8, 4) is 5.75 Å². The van der Waals surface area contributed by atoms with Crippen molar-refractivity contribution in [1.82, 2.24) is 10.2 Å². The molecule has 4 nitrogen and oxygen atoms in total. The molecule has 0 saturated carbocycles. The van der Waals surface area contributed by atoms with Gasteiger partial charge in [0.15, 0.2) is 0 Å². The highest BCUT2D eigenvalue weighted by atomic mass is 35.5. The van der Waals surface area contributed by atoms with E-state index < -0.39 is 0 Å². The van der Waals surface area contributed by atoms with Crippen molar-refractivity contribution in [2.45, 2.75) is 13.0 Å². The Morgan fingerprint density at radius 2 is 2.28 bits per heavy atom. The van der Waals surface area contributed by atoms with E-state index in [1.165, 1.54) is 0 Å². The van der Waals surface area contributed by atoms with E-state index in [-0.39, 0.29) is 18.3 Å². The van der Waals surface area contributed by atoms with Crippen molar-refractivity contribution in [1.29, 1.82) is 0 Å². The Balaban J connectivity index is 0.00000162. The number of halogens is 1. The summed E-state index contributed by atoms with van der Waals surface area (Å²) in [5.74, 6) is 0.802. The Bertz CT molecular complexity index is 412. The number of piperazine rings is 1. The maximum atomic E-state index is 12.3. The van der Waals surface area contributed by atoms with E-state index in [0.717, 1.165) is 25.4 Å². The lowest BCUT2D eigenvalue weighted by Crippen LogP contribution is -2.51. The van der Waals surface area contributed by atoms with Crippen LogP contribution in [0.1, 0.15) is 17.3 Å². The minimum atomic E-state index is 0. The molecule has 18 heavy (non-hydrogen) atoms. The molecule has 0 spiro atoms. The number of methoxy groups -OCH3 is 1. The molecule has 1 aromatic carbocycles. The van der Waals surface area contributed by atoms with Gasteiger partial charge in [-0.3, -0.25) is 4.79 Å². The molecule has 1 aromatic rings. The maximum Gasteiger partial charge on any atom is 0.254 e. The maximum absolute atomic E-state index is 12.3. The van der Waals surface area contributed by atoms with Gasteiger partial charge < -0.3 is 15.0 Å². The molecule has 2 rings (SSSR count). The molecule has 1 atom stereocenters. The molecular formula is C13H19ClN2O2. The normalized spacial score (nSPS) is 19.0. The fourth-order valence-corrected chi connectivity index (χ4v) is 2.06. The lowest BCUT2D eigenvalue weighted by atomic mass is 10.1. The zero-order chi connectivity index (χ0) is 12.3. The van der Waals surface area contributed by atoms with Crippen molar-refractivity contribution in [3.63, 3.8) is 0 Å². The third kappa shape index (κ3) is 3.37. The summed E-state index contributed by atoms with van der Waals surface area (Å²) in [7, 11) is 1.61. The number of hydrogen-bond donors (Lipinski definition) is 1. The molecule has 0 bridgehead atoms. The molecule has 1 saturated heterocycles. The van der Waals surface area contributed by atoms with Gasteiger partial charge in [-0.2, -0.15) is 0 Å². The van der Waals surface area contributed by atoms with E-state index in [1.54, 1.807) is 13.2 Å². The first-order chi connectivity index (χ1) is 8.20. The van der Waals surface area contributed by atoms with Gasteiger partial charge in [0.05, 0.1) is 7.11 Å². The van der Waals surface area contributed by atoms with E-state index in [4.69, 9.17) is 4.74 Å². The molecule has 1 fully saturated rings. The fraction of sp³-hybridized carbons (Fsp3) is 0.462. The average molecular weight is 271 g/mol. The third-order valence-corrected chi connectivity index (χ3v) is 2.97. The number of rotatable bonds is 2. The Morgan fingerprint density at radius 3 is 2.94 bits per heavy atom. The fourth-order valence-electron chi connectivity index (χ4n) is 2.06. The lowest BCUT2D eigenvalue weighted by molar-refractivity contribution is 0.0708. The van der Waals surface area contributed by atoms with Crippen LogP contribution in [0.5, 0.6) is 5.75 Å². The number of benzene rings is 1. The van der Waals surface area contributed by atoms with Crippen LogP contribution in [0, 0.1) is 0 Å². The van der Waals surface area contributed by atoms with Gasteiger partial charge in [0, 0.05) is 31.2 Å². The van der Waals surface area contributed by atoms with Crippen molar-refractivity contribution in [2.75, 3.05) is 26.7 Å². The predicted molar refractivity (Wildman–Crippen MR) is 73.6 cm³/mol. The van der Waals surface area contributed by atoms with Crippen LogP contribution < -0.4 is 10.1 Å². The first-order valence-electron chi connectivity index (χ1n) is 5.87. The average Bonchev–Trinajstić information content (AvgIpc) is 2.38. The lowest BCUT2D eigenvalue weighted by Gasteiger charge is -2.32. The molecule has 5 heteroatoms. The highest BCUT2D eigenvalue weighted by Gasteiger charge is 2.21. The van der Waals surface area contributed by atoms with E-state index >= 15 is 0 Å². The summed E-state index contributed by atoms with van der Waals surface area (Å²) in [5.41, 5.74) is 0.693. The number of carbonyl (C=O) groups is 1. The van der Waals surface area contributed by atoms with Crippen LogP contribution in [-0.4, -0.2) is 43.6 Å². The minimum absolute atomic E-state index is 0. The monoisotopic (exact) mass is 270 g/mol. The van der Waals surface area contributed by atoms with E-state index in [2.05, 4.69) is 12.2 Å². The number of amides is 1. The second kappa shape index (κ2) is 6.61. The van der Waals surface area contributed by atoms with Crippen LogP contribution in [0.4, 0.5) is 0 Å². The number of carbonyl (C=O) groups excluding carboxylic acids is 1. The zero-order valence-corrected chi connectivity index (χ0v) is 11.5. The van der Waals surface area contributed by atoms with Gasteiger partial charge in [-0.1, -0.05) is 6.07 Å². The summed E-state index contributed by atoms with van der Waals surface area (Å²) in [4.78, 5) is 14.1. The predicted octanol–water partition coefficient (Wildman–Crippen LogP) is 1.55. The smallest absolute Gasteiger partial charge is 0.254 e. The van der Waals surface area contributed by atoms with Crippen molar-refractivity contribution >= 4 is 18.3 Å². The van der Waals surface area contributed by atoms with Gasteiger partial charge in [0.2, 0.25) is 0 Å². The molecule has 1 unspecified atom stereocenters. The highest BCUT2D eigenvalue weighted by molar-refractivity contribution is 5.94. The molecule has 100 valence electrons. The zero-order valence-electron chi connectivity index (χ0n) is 10.7. The first kappa shape index (κ1) is 14.8. The molecule has 1 heterocycles. The molecule has 0 radical (unpaired) electrons. The molecule has 0 aliphatic carbocycles. The van der Waals surface area contributed by atoms with Gasteiger partial charge in [0.1, 0.15) is 5.75 Å². The van der Waals surface area contributed by atoms with E-state index in [1.807, 2.05) is 23.1 Å². The third-order valence-electron chi connectivity index (χ3n) is 2.97. The van der Waals surface area contributed by atoms with Gasteiger partial charge in [-0.15, -0.1) is 12.4 Å². The topological polar surface area (TPSA) is 41.6 Å². The minimum Gasteiger partial charge on any atom is -0.497 e. The van der Waals surface area contributed by atoms with Crippen LogP contribution in [0.15, 0.2) is 24.3 Å². The molecule has 1 N–H and O–H groups in total. The number of hydrogen-bond acceptors (Lipinski definition) is 3. The highest BCUT2D eigenvalue weighted by Crippen LogP contribution is 2.15. The largest absolute Gasteiger partial charge is 0.497 e. The Labute approximate surface area is 114 Å². The number of ether oxygens (including phenoxy) is 1. The molecular weight excluding hydrogens is 252 g/mol.